The van der Waals surface area contributed by atoms with Crippen LogP contribution in [-0.2, 0) is 13.0 Å². The molecule has 0 bridgehead atoms. The lowest BCUT2D eigenvalue weighted by molar-refractivity contribution is 0.575. The van der Waals surface area contributed by atoms with E-state index >= 15 is 0 Å². The van der Waals surface area contributed by atoms with Gasteiger partial charge in [0.1, 0.15) is 5.82 Å². The van der Waals surface area contributed by atoms with Crippen molar-refractivity contribution in [2.24, 2.45) is 0 Å². The highest BCUT2D eigenvalue weighted by molar-refractivity contribution is 5.21. The number of hydrogen-bond donors (Lipinski definition) is 0. The zero-order valence-corrected chi connectivity index (χ0v) is 9.01. The molecule has 78 valence electrons. The van der Waals surface area contributed by atoms with Crippen LogP contribution in [0.5, 0.6) is 0 Å². The smallest absolute Gasteiger partial charge is 0.148 e. The summed E-state index contributed by atoms with van der Waals surface area (Å²) >= 11 is 0. The Hall–Kier alpha value is -1.71. The second kappa shape index (κ2) is 4.21. The van der Waals surface area contributed by atoms with E-state index in [1.807, 2.05) is 11.6 Å². The number of aryl methyl sites for hydroxylation is 4. The highest BCUT2D eigenvalue weighted by atomic mass is 15.5. The third-order valence-corrected chi connectivity index (χ3v) is 2.44. The SMILES string of the molecule is Cc1ccc(CCn2nnnc2C)cc1. The average molecular weight is 202 g/mol. The van der Waals surface area contributed by atoms with Crippen molar-refractivity contribution in [3.63, 3.8) is 0 Å². The average Bonchev–Trinajstić information content (AvgIpc) is 2.63. The molecular weight excluding hydrogens is 188 g/mol. The Morgan fingerprint density at radius 3 is 2.47 bits per heavy atom. The fraction of sp³-hybridized carbons (Fsp3) is 0.364. The van der Waals surface area contributed by atoms with E-state index in [4.69, 9.17) is 0 Å². The number of hydrogen-bond acceptors (Lipinski definition) is 3. The Labute approximate surface area is 88.9 Å². The summed E-state index contributed by atoms with van der Waals surface area (Å²) < 4.78 is 1.82. The van der Waals surface area contributed by atoms with Crippen LogP contribution in [0.15, 0.2) is 24.3 Å². The lowest BCUT2D eigenvalue weighted by Crippen LogP contribution is -2.05. The molecule has 2 aromatic rings. The minimum absolute atomic E-state index is 0.835. The Morgan fingerprint density at radius 2 is 1.87 bits per heavy atom. The molecule has 0 saturated heterocycles. The summed E-state index contributed by atoms with van der Waals surface area (Å²) in [6.07, 6.45) is 0.964. The second-order valence-electron chi connectivity index (χ2n) is 3.68. The second-order valence-corrected chi connectivity index (χ2v) is 3.68. The summed E-state index contributed by atoms with van der Waals surface area (Å²) in [6, 6.07) is 8.55. The standard InChI is InChI=1S/C11H14N4/c1-9-3-5-11(6-4-9)7-8-15-10(2)12-13-14-15/h3-6H,7-8H2,1-2H3. The van der Waals surface area contributed by atoms with Crippen LogP contribution in [0.4, 0.5) is 0 Å². The van der Waals surface area contributed by atoms with Crippen LogP contribution in [-0.4, -0.2) is 20.2 Å². The summed E-state index contributed by atoms with van der Waals surface area (Å²) in [5.74, 6) is 0.863. The minimum Gasteiger partial charge on any atom is -0.230 e. The van der Waals surface area contributed by atoms with Gasteiger partial charge in [-0.05, 0) is 36.3 Å². The first-order chi connectivity index (χ1) is 7.25. The van der Waals surface area contributed by atoms with Crippen molar-refractivity contribution in [1.82, 2.24) is 20.2 Å². The first-order valence-corrected chi connectivity index (χ1v) is 5.04. The van der Waals surface area contributed by atoms with E-state index in [0.29, 0.717) is 0 Å². The minimum atomic E-state index is 0.835. The van der Waals surface area contributed by atoms with Gasteiger partial charge in [-0.1, -0.05) is 29.8 Å². The van der Waals surface area contributed by atoms with Crippen LogP contribution in [0.25, 0.3) is 0 Å². The Bertz CT molecular complexity index is 430. The molecule has 0 aliphatic rings. The zero-order valence-electron chi connectivity index (χ0n) is 9.01. The quantitative estimate of drug-likeness (QED) is 0.758. The van der Waals surface area contributed by atoms with Crippen molar-refractivity contribution >= 4 is 0 Å². The highest BCUT2D eigenvalue weighted by Crippen LogP contribution is 2.05. The van der Waals surface area contributed by atoms with Crippen LogP contribution in [0, 0.1) is 13.8 Å². The van der Waals surface area contributed by atoms with Crippen molar-refractivity contribution in [1.29, 1.82) is 0 Å². The topological polar surface area (TPSA) is 43.6 Å². The molecule has 2 rings (SSSR count). The number of tetrazole rings is 1. The molecule has 0 aliphatic heterocycles. The Kier molecular flexibility index (Phi) is 2.76. The third kappa shape index (κ3) is 2.40. The van der Waals surface area contributed by atoms with E-state index in [1.54, 1.807) is 0 Å². The molecule has 0 spiro atoms. The summed E-state index contributed by atoms with van der Waals surface area (Å²) in [5, 5.41) is 11.4. The van der Waals surface area contributed by atoms with Gasteiger partial charge in [-0.25, -0.2) is 4.68 Å². The van der Waals surface area contributed by atoms with Gasteiger partial charge in [0.15, 0.2) is 0 Å². The van der Waals surface area contributed by atoms with Crippen molar-refractivity contribution in [3.05, 3.63) is 41.2 Å². The van der Waals surface area contributed by atoms with Crippen LogP contribution in [0.1, 0.15) is 17.0 Å². The van der Waals surface area contributed by atoms with Gasteiger partial charge in [-0.15, -0.1) is 5.10 Å². The molecule has 0 fully saturated rings. The van der Waals surface area contributed by atoms with Crippen molar-refractivity contribution in [2.45, 2.75) is 26.8 Å². The first-order valence-electron chi connectivity index (χ1n) is 5.04. The summed E-state index contributed by atoms with van der Waals surface area (Å²) in [7, 11) is 0. The van der Waals surface area contributed by atoms with Crippen molar-refractivity contribution < 1.29 is 0 Å². The number of aromatic nitrogens is 4. The van der Waals surface area contributed by atoms with Gasteiger partial charge in [-0.3, -0.25) is 0 Å². The fourth-order valence-corrected chi connectivity index (χ4v) is 1.45. The summed E-state index contributed by atoms with van der Waals surface area (Å²) in [6.45, 7) is 4.84. The predicted molar refractivity (Wildman–Crippen MR) is 57.4 cm³/mol. The normalized spacial score (nSPS) is 10.5. The molecule has 0 saturated carbocycles. The van der Waals surface area contributed by atoms with Crippen LogP contribution in [0.2, 0.25) is 0 Å². The maximum atomic E-state index is 3.90. The maximum absolute atomic E-state index is 3.90. The van der Waals surface area contributed by atoms with Crippen LogP contribution >= 0.6 is 0 Å². The summed E-state index contributed by atoms with van der Waals surface area (Å²) in [5.41, 5.74) is 2.60. The molecule has 4 nitrogen and oxygen atoms in total. The van der Waals surface area contributed by atoms with Gasteiger partial charge in [0.25, 0.3) is 0 Å². The van der Waals surface area contributed by atoms with Gasteiger partial charge in [0.2, 0.25) is 0 Å². The van der Waals surface area contributed by atoms with Crippen molar-refractivity contribution in [2.75, 3.05) is 0 Å². The lowest BCUT2D eigenvalue weighted by Gasteiger charge is -2.02. The molecule has 4 heteroatoms. The van der Waals surface area contributed by atoms with Gasteiger partial charge in [0.05, 0.1) is 0 Å². The summed E-state index contributed by atoms with van der Waals surface area (Å²) in [4.78, 5) is 0. The van der Waals surface area contributed by atoms with E-state index in [-0.39, 0.29) is 0 Å². The van der Waals surface area contributed by atoms with Gasteiger partial charge < -0.3 is 0 Å². The van der Waals surface area contributed by atoms with E-state index in [2.05, 4.69) is 46.7 Å². The monoisotopic (exact) mass is 202 g/mol. The third-order valence-electron chi connectivity index (χ3n) is 2.44. The van der Waals surface area contributed by atoms with Crippen LogP contribution in [0.3, 0.4) is 0 Å². The molecule has 0 N–H and O–H groups in total. The molecule has 1 aromatic heterocycles. The Balaban J connectivity index is 1.99. The van der Waals surface area contributed by atoms with E-state index in [0.717, 1.165) is 18.8 Å². The predicted octanol–water partition coefficient (Wildman–Crippen LogP) is 1.53. The van der Waals surface area contributed by atoms with Gasteiger partial charge in [0, 0.05) is 6.54 Å². The molecule has 0 aliphatic carbocycles. The number of rotatable bonds is 3. The lowest BCUT2D eigenvalue weighted by atomic mass is 10.1. The fourth-order valence-electron chi connectivity index (χ4n) is 1.45. The highest BCUT2D eigenvalue weighted by Gasteiger charge is 2.00. The van der Waals surface area contributed by atoms with Crippen LogP contribution < -0.4 is 0 Å². The van der Waals surface area contributed by atoms with E-state index in [9.17, 15) is 0 Å². The van der Waals surface area contributed by atoms with E-state index in [1.165, 1.54) is 11.1 Å². The number of nitrogens with zero attached hydrogens (tertiary/aromatic N) is 4. The molecular formula is C11H14N4. The number of benzene rings is 1. The zero-order chi connectivity index (χ0) is 10.7. The molecule has 0 radical (unpaired) electrons. The maximum Gasteiger partial charge on any atom is 0.148 e. The van der Waals surface area contributed by atoms with E-state index < -0.39 is 0 Å². The first kappa shape index (κ1) is 9.83. The molecule has 0 atom stereocenters. The molecule has 1 aromatic carbocycles. The van der Waals surface area contributed by atoms with Gasteiger partial charge in [-0.2, -0.15) is 0 Å². The largest absolute Gasteiger partial charge is 0.230 e. The van der Waals surface area contributed by atoms with Crippen molar-refractivity contribution in [3.8, 4) is 0 Å². The molecule has 0 amide bonds. The molecule has 0 unspecified atom stereocenters. The Morgan fingerprint density at radius 1 is 1.13 bits per heavy atom. The van der Waals surface area contributed by atoms with Gasteiger partial charge >= 0.3 is 0 Å². The molecule has 1 heterocycles. The molecule has 15 heavy (non-hydrogen) atoms.